The molecule has 0 amide bonds. The molecule has 98 valence electrons. The first-order chi connectivity index (χ1) is 9.16. The summed E-state index contributed by atoms with van der Waals surface area (Å²) in [4.78, 5) is 10.6. The maximum Gasteiger partial charge on any atom is 0.270 e. The lowest BCUT2D eigenvalue weighted by Crippen LogP contribution is -1.91. The van der Waals surface area contributed by atoms with E-state index in [2.05, 4.69) is 12.3 Å². The van der Waals surface area contributed by atoms with Crippen LogP contribution in [0.3, 0.4) is 0 Å². The van der Waals surface area contributed by atoms with Gasteiger partial charge in [0.05, 0.1) is 4.92 Å². The predicted molar refractivity (Wildman–Crippen MR) is 76.0 cm³/mol. The quantitative estimate of drug-likeness (QED) is 0.601. The number of rotatable bonds is 2. The van der Waals surface area contributed by atoms with E-state index >= 15 is 0 Å². The lowest BCUT2D eigenvalue weighted by atomic mass is 9.93. The molecule has 4 nitrogen and oxygen atoms in total. The molecule has 0 N–H and O–H groups in total. The van der Waals surface area contributed by atoms with Crippen LogP contribution < -0.4 is 0 Å². The summed E-state index contributed by atoms with van der Waals surface area (Å²) in [6, 6.07) is 5.10. The minimum atomic E-state index is -0.328. The van der Waals surface area contributed by atoms with Crippen LogP contribution in [0.4, 0.5) is 5.69 Å². The summed E-state index contributed by atoms with van der Waals surface area (Å²) in [5.41, 5.74) is 3.70. The van der Waals surface area contributed by atoms with Gasteiger partial charge in [-0.05, 0) is 37.3 Å². The Bertz CT molecular complexity index is 683. The van der Waals surface area contributed by atoms with Gasteiger partial charge in [-0.2, -0.15) is 0 Å². The van der Waals surface area contributed by atoms with Crippen LogP contribution in [0.25, 0.3) is 16.5 Å². The minimum Gasteiger partial charge on any atom is -0.350 e. The van der Waals surface area contributed by atoms with Gasteiger partial charge in [0, 0.05) is 41.8 Å². The molecule has 0 fully saturated rings. The van der Waals surface area contributed by atoms with Crippen LogP contribution in [0, 0.1) is 10.1 Å². The number of nitrogens with zero attached hydrogens (tertiary/aromatic N) is 2. The molecule has 0 saturated carbocycles. The molecule has 0 spiro atoms. The number of allylic oxidation sites excluding steroid dienone is 2. The molecule has 3 rings (SSSR count). The number of fused-ring (bicyclic) bond motifs is 1. The monoisotopic (exact) mass is 256 g/mol. The fourth-order valence-electron chi connectivity index (χ4n) is 2.83. The highest BCUT2D eigenvalue weighted by Gasteiger charge is 2.15. The van der Waals surface area contributed by atoms with Crippen LogP contribution in [-0.2, 0) is 7.05 Å². The van der Waals surface area contributed by atoms with E-state index in [0.29, 0.717) is 0 Å². The first kappa shape index (κ1) is 12.0. The van der Waals surface area contributed by atoms with E-state index in [0.717, 1.165) is 29.3 Å². The van der Waals surface area contributed by atoms with Gasteiger partial charge >= 0.3 is 0 Å². The van der Waals surface area contributed by atoms with Gasteiger partial charge in [0.2, 0.25) is 0 Å². The normalized spacial score (nSPS) is 15.5. The number of hydrogen-bond donors (Lipinski definition) is 0. The summed E-state index contributed by atoms with van der Waals surface area (Å²) in [7, 11) is 1.99. The Kier molecular flexibility index (Phi) is 2.85. The molecule has 0 aliphatic heterocycles. The molecule has 4 heteroatoms. The Balaban J connectivity index is 2.21. The third kappa shape index (κ3) is 2.03. The summed E-state index contributed by atoms with van der Waals surface area (Å²) in [6.45, 7) is 0. The predicted octanol–water partition coefficient (Wildman–Crippen LogP) is 4.04. The zero-order chi connectivity index (χ0) is 13.4. The van der Waals surface area contributed by atoms with Crippen LogP contribution >= 0.6 is 0 Å². The van der Waals surface area contributed by atoms with Crippen molar-refractivity contribution in [3.05, 3.63) is 46.1 Å². The molecule has 1 heterocycles. The molecular weight excluding hydrogens is 240 g/mol. The van der Waals surface area contributed by atoms with Crippen LogP contribution in [-0.4, -0.2) is 9.49 Å². The zero-order valence-corrected chi connectivity index (χ0v) is 10.9. The first-order valence-corrected chi connectivity index (χ1v) is 6.59. The maximum absolute atomic E-state index is 10.9. The minimum absolute atomic E-state index is 0.163. The number of nitro groups is 1. The molecule has 1 aromatic carbocycles. The molecular formula is C15H16N2O2. The SMILES string of the molecule is Cn1cc(C2=CCCCC2)c2cc([N+](=O)[O-])ccc21. The summed E-state index contributed by atoms with van der Waals surface area (Å²) in [6.07, 6.45) is 9.00. The van der Waals surface area contributed by atoms with Crippen molar-refractivity contribution in [2.45, 2.75) is 25.7 Å². The second-order valence-corrected chi connectivity index (χ2v) is 5.09. The van der Waals surface area contributed by atoms with Crippen molar-refractivity contribution < 1.29 is 4.92 Å². The summed E-state index contributed by atoms with van der Waals surface area (Å²) in [5.74, 6) is 0. The van der Waals surface area contributed by atoms with Gasteiger partial charge in [-0.1, -0.05) is 6.08 Å². The smallest absolute Gasteiger partial charge is 0.270 e. The third-order valence-electron chi connectivity index (χ3n) is 3.82. The summed E-state index contributed by atoms with van der Waals surface area (Å²) in [5, 5.41) is 11.9. The largest absolute Gasteiger partial charge is 0.350 e. The Labute approximate surface area is 111 Å². The van der Waals surface area contributed by atoms with Crippen molar-refractivity contribution in [2.24, 2.45) is 7.05 Å². The third-order valence-corrected chi connectivity index (χ3v) is 3.82. The Hall–Kier alpha value is -2.10. The average molecular weight is 256 g/mol. The van der Waals surface area contributed by atoms with E-state index < -0.39 is 0 Å². The zero-order valence-electron chi connectivity index (χ0n) is 10.9. The second kappa shape index (κ2) is 4.53. The molecule has 0 unspecified atom stereocenters. The number of nitro benzene ring substituents is 1. The number of benzene rings is 1. The molecule has 19 heavy (non-hydrogen) atoms. The van der Waals surface area contributed by atoms with Gasteiger partial charge < -0.3 is 4.57 Å². The van der Waals surface area contributed by atoms with Crippen LogP contribution in [0.15, 0.2) is 30.5 Å². The number of hydrogen-bond acceptors (Lipinski definition) is 2. The van der Waals surface area contributed by atoms with Gasteiger partial charge in [-0.3, -0.25) is 10.1 Å². The van der Waals surface area contributed by atoms with E-state index in [1.165, 1.54) is 18.4 Å². The van der Waals surface area contributed by atoms with Crippen molar-refractivity contribution in [1.29, 1.82) is 0 Å². The molecule has 1 aliphatic carbocycles. The number of non-ortho nitro benzene ring substituents is 1. The highest BCUT2D eigenvalue weighted by atomic mass is 16.6. The summed E-state index contributed by atoms with van der Waals surface area (Å²) < 4.78 is 2.05. The number of aromatic nitrogens is 1. The van der Waals surface area contributed by atoms with E-state index in [4.69, 9.17) is 0 Å². The van der Waals surface area contributed by atoms with Gasteiger partial charge in [0.25, 0.3) is 5.69 Å². The molecule has 2 aromatic rings. The molecule has 1 aliphatic rings. The van der Waals surface area contributed by atoms with Crippen LogP contribution in [0.1, 0.15) is 31.2 Å². The summed E-state index contributed by atoms with van der Waals surface area (Å²) >= 11 is 0. The average Bonchev–Trinajstić information content (AvgIpc) is 2.77. The Morgan fingerprint density at radius 1 is 1.32 bits per heavy atom. The fourth-order valence-corrected chi connectivity index (χ4v) is 2.83. The molecule has 1 aromatic heterocycles. The first-order valence-electron chi connectivity index (χ1n) is 6.59. The number of aryl methyl sites for hydroxylation is 1. The maximum atomic E-state index is 10.9. The van der Waals surface area contributed by atoms with Crippen molar-refractivity contribution in [1.82, 2.24) is 4.57 Å². The lowest BCUT2D eigenvalue weighted by molar-refractivity contribution is -0.384. The van der Waals surface area contributed by atoms with E-state index in [1.807, 2.05) is 17.7 Å². The van der Waals surface area contributed by atoms with Crippen LogP contribution in [0.5, 0.6) is 0 Å². The van der Waals surface area contributed by atoms with Gasteiger partial charge in [-0.15, -0.1) is 0 Å². The standard InChI is InChI=1S/C15H16N2O2/c1-16-10-14(11-5-3-2-4-6-11)13-9-12(17(18)19)7-8-15(13)16/h5,7-10H,2-4,6H2,1H3. The Morgan fingerprint density at radius 2 is 2.16 bits per heavy atom. The molecule has 0 saturated heterocycles. The van der Waals surface area contributed by atoms with Crippen molar-refractivity contribution >= 4 is 22.2 Å². The van der Waals surface area contributed by atoms with E-state index in [9.17, 15) is 10.1 Å². The van der Waals surface area contributed by atoms with Crippen LogP contribution in [0.2, 0.25) is 0 Å². The van der Waals surface area contributed by atoms with Gasteiger partial charge in [-0.25, -0.2) is 0 Å². The van der Waals surface area contributed by atoms with Gasteiger partial charge in [0.1, 0.15) is 0 Å². The molecule has 0 bridgehead atoms. The lowest BCUT2D eigenvalue weighted by Gasteiger charge is -2.11. The molecule has 0 radical (unpaired) electrons. The fraction of sp³-hybridized carbons (Fsp3) is 0.333. The van der Waals surface area contributed by atoms with Crippen molar-refractivity contribution in [2.75, 3.05) is 0 Å². The Morgan fingerprint density at radius 3 is 2.84 bits per heavy atom. The van der Waals surface area contributed by atoms with Crippen molar-refractivity contribution in [3.8, 4) is 0 Å². The van der Waals surface area contributed by atoms with E-state index in [1.54, 1.807) is 12.1 Å². The highest BCUT2D eigenvalue weighted by Crippen LogP contribution is 2.34. The van der Waals surface area contributed by atoms with E-state index in [-0.39, 0.29) is 10.6 Å². The second-order valence-electron chi connectivity index (χ2n) is 5.09. The topological polar surface area (TPSA) is 48.1 Å². The highest BCUT2D eigenvalue weighted by molar-refractivity contribution is 5.94. The molecule has 0 atom stereocenters. The van der Waals surface area contributed by atoms with Gasteiger partial charge in [0.15, 0.2) is 0 Å². The van der Waals surface area contributed by atoms with Crippen molar-refractivity contribution in [3.63, 3.8) is 0 Å².